The van der Waals surface area contributed by atoms with Crippen LogP contribution in [0.2, 0.25) is 0 Å². The van der Waals surface area contributed by atoms with Crippen molar-refractivity contribution in [3.05, 3.63) is 52.3 Å². The predicted octanol–water partition coefficient (Wildman–Crippen LogP) is 2.74. The molecule has 0 unspecified atom stereocenters. The van der Waals surface area contributed by atoms with Crippen LogP contribution in [0.1, 0.15) is 24.5 Å². The molecular weight excluding hydrogens is 435 g/mol. The van der Waals surface area contributed by atoms with E-state index >= 15 is 0 Å². The first-order chi connectivity index (χ1) is 15.9. The zero-order valence-corrected chi connectivity index (χ0v) is 17.5. The number of hydrogen-bond acceptors (Lipinski definition) is 7. The minimum atomic E-state index is -0.949. The second kappa shape index (κ2) is 8.04. The van der Waals surface area contributed by atoms with E-state index in [1.54, 1.807) is 10.6 Å². The van der Waals surface area contributed by atoms with E-state index in [0.29, 0.717) is 48.4 Å². The molecule has 12 heteroatoms. The lowest BCUT2D eigenvalue weighted by Gasteiger charge is -2.30. The molecule has 4 heterocycles. The van der Waals surface area contributed by atoms with Gasteiger partial charge in [-0.15, -0.1) is 0 Å². The number of carboxylic acid groups (broad SMARTS) is 1. The van der Waals surface area contributed by atoms with Gasteiger partial charge in [0.1, 0.15) is 11.2 Å². The molecule has 0 bridgehead atoms. The van der Waals surface area contributed by atoms with Crippen LogP contribution in [0.15, 0.2) is 39.8 Å². The Kier molecular flexibility index (Phi) is 5.04. The van der Waals surface area contributed by atoms with E-state index in [2.05, 4.69) is 20.2 Å². The number of benzene rings is 1. The second-order valence-electron chi connectivity index (χ2n) is 7.69. The number of piperidine rings is 1. The van der Waals surface area contributed by atoms with Gasteiger partial charge in [0.2, 0.25) is 5.82 Å². The number of nitrogens with zero attached hydrogens (tertiary/aromatic N) is 5. The number of nitrogens with one attached hydrogen (secondary N) is 1. The van der Waals surface area contributed by atoms with E-state index in [0.717, 1.165) is 0 Å². The fourth-order valence-electron chi connectivity index (χ4n) is 4.08. The summed E-state index contributed by atoms with van der Waals surface area (Å²) in [5, 5.41) is 17.5. The largest absolute Gasteiger partial charge is 0.494 e. The number of aromatic amines is 1. The molecule has 33 heavy (non-hydrogen) atoms. The summed E-state index contributed by atoms with van der Waals surface area (Å²) in [4.78, 5) is 32.0. The SMILES string of the molecule is COc1ccc(-c2noc(-c3cnn4c(C5CCN(C(=O)O)CC5)cc(=O)[nH]c34)n2)cc1F. The molecule has 1 aromatic carbocycles. The standard InChI is InChI=1S/C21H19FN6O5/c1-32-16-3-2-12(8-14(16)22)18-25-20(33-26-18)13-10-23-28-15(9-17(29)24-19(13)28)11-4-6-27(7-5-11)21(30)31/h2-3,8-11H,4-7H2,1H3,(H,24,29)(H,30,31). The number of methoxy groups -OCH3 is 1. The van der Waals surface area contributed by atoms with Crippen molar-refractivity contribution in [3.8, 4) is 28.6 Å². The van der Waals surface area contributed by atoms with Gasteiger partial charge in [-0.05, 0) is 31.0 Å². The molecule has 11 nitrogen and oxygen atoms in total. The fourth-order valence-corrected chi connectivity index (χ4v) is 4.08. The van der Waals surface area contributed by atoms with Crippen LogP contribution < -0.4 is 10.3 Å². The number of carbonyl (C=O) groups is 1. The number of ether oxygens (including phenoxy) is 1. The highest BCUT2D eigenvalue weighted by Crippen LogP contribution is 2.31. The van der Waals surface area contributed by atoms with Gasteiger partial charge in [-0.25, -0.2) is 13.7 Å². The maximum atomic E-state index is 14.1. The Balaban J connectivity index is 1.49. The predicted molar refractivity (Wildman–Crippen MR) is 113 cm³/mol. The molecule has 5 rings (SSSR count). The summed E-state index contributed by atoms with van der Waals surface area (Å²) < 4.78 is 26.0. The lowest BCUT2D eigenvalue weighted by atomic mass is 9.93. The Hall–Kier alpha value is -4.22. The molecule has 170 valence electrons. The van der Waals surface area contributed by atoms with Crippen LogP contribution in [-0.4, -0.2) is 61.0 Å². The molecule has 0 atom stereocenters. The number of rotatable bonds is 4. The van der Waals surface area contributed by atoms with Crippen LogP contribution in [-0.2, 0) is 0 Å². The molecule has 3 aromatic heterocycles. The summed E-state index contributed by atoms with van der Waals surface area (Å²) in [6.45, 7) is 0.766. The smallest absolute Gasteiger partial charge is 0.407 e. The molecule has 0 spiro atoms. The van der Waals surface area contributed by atoms with Crippen LogP contribution in [0.4, 0.5) is 9.18 Å². The Labute approximate surface area is 185 Å². The quantitative estimate of drug-likeness (QED) is 0.480. The molecule has 0 radical (unpaired) electrons. The Bertz CT molecular complexity index is 1400. The summed E-state index contributed by atoms with van der Waals surface area (Å²) >= 11 is 0. The molecule has 1 fully saturated rings. The van der Waals surface area contributed by atoms with E-state index in [1.807, 2.05) is 0 Å². The first kappa shape index (κ1) is 20.7. The van der Waals surface area contributed by atoms with Gasteiger partial charge in [-0.1, -0.05) is 5.16 Å². The summed E-state index contributed by atoms with van der Waals surface area (Å²) in [5.41, 5.74) is 1.57. The van der Waals surface area contributed by atoms with Gasteiger partial charge in [0.05, 0.1) is 19.0 Å². The van der Waals surface area contributed by atoms with Crippen molar-refractivity contribution < 1.29 is 23.6 Å². The Morgan fingerprint density at radius 2 is 2.09 bits per heavy atom. The van der Waals surface area contributed by atoms with Gasteiger partial charge >= 0.3 is 6.09 Å². The van der Waals surface area contributed by atoms with Crippen molar-refractivity contribution in [3.63, 3.8) is 0 Å². The van der Waals surface area contributed by atoms with Gasteiger partial charge < -0.3 is 24.3 Å². The van der Waals surface area contributed by atoms with Crippen molar-refractivity contribution in [2.75, 3.05) is 20.2 Å². The van der Waals surface area contributed by atoms with Crippen molar-refractivity contribution >= 4 is 11.7 Å². The summed E-state index contributed by atoms with van der Waals surface area (Å²) in [5.74, 6) is -0.196. The molecule has 0 aliphatic carbocycles. The normalized spacial score (nSPS) is 14.7. The van der Waals surface area contributed by atoms with Gasteiger partial charge in [-0.3, -0.25) is 4.79 Å². The zero-order valence-electron chi connectivity index (χ0n) is 17.5. The molecule has 4 aromatic rings. The molecule has 0 saturated carbocycles. The van der Waals surface area contributed by atoms with Crippen LogP contribution >= 0.6 is 0 Å². The second-order valence-corrected chi connectivity index (χ2v) is 7.69. The average molecular weight is 454 g/mol. The summed E-state index contributed by atoms with van der Waals surface area (Å²) in [6, 6.07) is 5.79. The first-order valence-electron chi connectivity index (χ1n) is 10.2. The molecule has 1 amide bonds. The van der Waals surface area contributed by atoms with Gasteiger partial charge in [0.25, 0.3) is 11.4 Å². The van der Waals surface area contributed by atoms with Crippen molar-refractivity contribution in [2.24, 2.45) is 0 Å². The van der Waals surface area contributed by atoms with Gasteiger partial charge in [0.15, 0.2) is 11.6 Å². The van der Waals surface area contributed by atoms with E-state index in [1.165, 1.54) is 36.4 Å². The van der Waals surface area contributed by atoms with Crippen molar-refractivity contribution in [1.29, 1.82) is 0 Å². The highest BCUT2D eigenvalue weighted by Gasteiger charge is 2.27. The zero-order chi connectivity index (χ0) is 23.1. The summed E-state index contributed by atoms with van der Waals surface area (Å²) in [7, 11) is 1.38. The Morgan fingerprint density at radius 1 is 1.30 bits per heavy atom. The third-order valence-electron chi connectivity index (χ3n) is 5.78. The first-order valence-corrected chi connectivity index (χ1v) is 10.2. The summed E-state index contributed by atoms with van der Waals surface area (Å²) in [6.07, 6.45) is 1.71. The monoisotopic (exact) mass is 454 g/mol. The minimum Gasteiger partial charge on any atom is -0.494 e. The van der Waals surface area contributed by atoms with E-state index in [4.69, 9.17) is 14.4 Å². The lowest BCUT2D eigenvalue weighted by Crippen LogP contribution is -2.37. The number of H-pyrrole nitrogens is 1. The van der Waals surface area contributed by atoms with Crippen molar-refractivity contribution in [1.82, 2.24) is 29.6 Å². The molecule has 1 aliphatic rings. The highest BCUT2D eigenvalue weighted by molar-refractivity contribution is 5.72. The fraction of sp³-hybridized carbons (Fsp3) is 0.286. The number of likely N-dealkylation sites (tertiary alicyclic amines) is 1. The van der Waals surface area contributed by atoms with Crippen LogP contribution in [0.25, 0.3) is 28.5 Å². The molecule has 1 saturated heterocycles. The van der Waals surface area contributed by atoms with Gasteiger partial charge in [0, 0.05) is 30.6 Å². The van der Waals surface area contributed by atoms with E-state index in [9.17, 15) is 14.0 Å². The minimum absolute atomic E-state index is 0.0290. The van der Waals surface area contributed by atoms with Gasteiger partial charge in [-0.2, -0.15) is 10.1 Å². The molecular formula is C21H19FN6O5. The number of fused-ring (bicyclic) bond motifs is 1. The van der Waals surface area contributed by atoms with Crippen LogP contribution in [0.3, 0.4) is 0 Å². The maximum Gasteiger partial charge on any atom is 0.407 e. The highest BCUT2D eigenvalue weighted by atomic mass is 19.1. The third-order valence-corrected chi connectivity index (χ3v) is 5.78. The van der Waals surface area contributed by atoms with E-state index in [-0.39, 0.29) is 28.9 Å². The van der Waals surface area contributed by atoms with Crippen LogP contribution in [0, 0.1) is 5.82 Å². The molecule has 1 aliphatic heterocycles. The lowest BCUT2D eigenvalue weighted by molar-refractivity contribution is 0.131. The number of aromatic nitrogens is 5. The maximum absolute atomic E-state index is 14.1. The number of amides is 1. The topological polar surface area (TPSA) is 139 Å². The number of halogens is 1. The third kappa shape index (κ3) is 3.69. The van der Waals surface area contributed by atoms with Crippen LogP contribution in [0.5, 0.6) is 5.75 Å². The Morgan fingerprint density at radius 3 is 2.79 bits per heavy atom. The number of hydrogen-bond donors (Lipinski definition) is 2. The van der Waals surface area contributed by atoms with E-state index < -0.39 is 11.9 Å². The average Bonchev–Trinajstić information content (AvgIpc) is 3.45. The van der Waals surface area contributed by atoms with Crippen molar-refractivity contribution in [2.45, 2.75) is 18.8 Å². The molecule has 2 N–H and O–H groups in total.